The van der Waals surface area contributed by atoms with Crippen molar-refractivity contribution in [1.29, 1.82) is 0 Å². The van der Waals surface area contributed by atoms with Gasteiger partial charge in [-0.15, -0.1) is 0 Å². The highest BCUT2D eigenvalue weighted by atomic mass is 32.2. The van der Waals surface area contributed by atoms with Gasteiger partial charge in [-0.05, 0) is 37.6 Å². The van der Waals surface area contributed by atoms with Crippen LogP contribution in [0.2, 0.25) is 0 Å². The molecule has 0 bridgehead atoms. The summed E-state index contributed by atoms with van der Waals surface area (Å²) < 4.78 is 52.9. The number of hydrogen-bond acceptors (Lipinski definition) is 3. The van der Waals surface area contributed by atoms with Crippen molar-refractivity contribution in [3.63, 3.8) is 0 Å². The zero-order valence-corrected chi connectivity index (χ0v) is 13.9. The fourth-order valence-electron chi connectivity index (χ4n) is 2.12. The van der Waals surface area contributed by atoms with Crippen molar-refractivity contribution in [3.05, 3.63) is 59.2 Å². The molecule has 0 radical (unpaired) electrons. The van der Waals surface area contributed by atoms with Gasteiger partial charge >= 0.3 is 0 Å². The molecule has 0 fully saturated rings. The monoisotopic (exact) mass is 354 g/mol. The van der Waals surface area contributed by atoms with Crippen molar-refractivity contribution < 1.29 is 22.0 Å². The van der Waals surface area contributed by atoms with E-state index in [4.69, 9.17) is 0 Å². The highest BCUT2D eigenvalue weighted by Gasteiger charge is 2.24. The van der Waals surface area contributed by atoms with Gasteiger partial charge in [-0.25, -0.2) is 21.9 Å². The summed E-state index contributed by atoms with van der Waals surface area (Å²) in [6.45, 7) is 3.04. The van der Waals surface area contributed by atoms with Gasteiger partial charge in [-0.2, -0.15) is 0 Å². The van der Waals surface area contributed by atoms with Gasteiger partial charge < -0.3 is 5.32 Å². The molecule has 2 rings (SSSR count). The Morgan fingerprint density at radius 3 is 2.29 bits per heavy atom. The molecule has 5 nitrogen and oxygen atoms in total. The topological polar surface area (TPSA) is 75.3 Å². The molecule has 0 spiro atoms. The molecule has 0 aliphatic heterocycles. The Kier molecular flexibility index (Phi) is 5.30. The lowest BCUT2D eigenvalue weighted by Crippen LogP contribution is -2.34. The average molecular weight is 354 g/mol. The predicted octanol–water partition coefficient (Wildman–Crippen LogP) is 2.50. The van der Waals surface area contributed by atoms with Crippen molar-refractivity contribution in [1.82, 2.24) is 4.72 Å². The minimum Gasteiger partial charge on any atom is -0.325 e. The largest absolute Gasteiger partial charge is 0.325 e. The van der Waals surface area contributed by atoms with Gasteiger partial charge in [0.1, 0.15) is 11.6 Å². The Labute approximate surface area is 138 Å². The van der Waals surface area contributed by atoms with Crippen LogP contribution in [0.15, 0.2) is 41.3 Å². The third-order valence-electron chi connectivity index (χ3n) is 3.27. The summed E-state index contributed by atoms with van der Waals surface area (Å²) in [4.78, 5) is 10.8. The first kappa shape index (κ1) is 18.0. The maximum Gasteiger partial charge on any atom is 0.246 e. The van der Waals surface area contributed by atoms with E-state index in [-0.39, 0.29) is 0 Å². The number of rotatable bonds is 5. The summed E-state index contributed by atoms with van der Waals surface area (Å²) in [5.41, 5.74) is 2.36. The van der Waals surface area contributed by atoms with E-state index in [0.29, 0.717) is 5.69 Å². The fraction of sp³-hybridized carbons (Fsp3) is 0.188. The third-order valence-corrected chi connectivity index (χ3v) is 4.72. The van der Waals surface area contributed by atoms with Gasteiger partial charge in [-0.3, -0.25) is 4.79 Å². The molecule has 0 aliphatic carbocycles. The Morgan fingerprint density at radius 2 is 1.71 bits per heavy atom. The second-order valence-electron chi connectivity index (χ2n) is 5.24. The number of carbonyl (C=O) groups is 1. The van der Waals surface area contributed by atoms with Crippen molar-refractivity contribution >= 4 is 21.6 Å². The summed E-state index contributed by atoms with van der Waals surface area (Å²) in [5.74, 6) is -3.10. The number of hydrogen-bond donors (Lipinski definition) is 2. The van der Waals surface area contributed by atoms with Gasteiger partial charge in [0.05, 0.1) is 6.54 Å². The number of aryl methyl sites for hydroxylation is 2. The Morgan fingerprint density at radius 1 is 1.08 bits per heavy atom. The number of nitrogens with one attached hydrogen (secondary N) is 2. The van der Waals surface area contributed by atoms with E-state index in [0.717, 1.165) is 29.3 Å². The number of benzene rings is 2. The first-order valence-electron chi connectivity index (χ1n) is 7.01. The molecule has 0 unspecified atom stereocenters. The minimum absolute atomic E-state index is 0.530. The van der Waals surface area contributed by atoms with Crippen LogP contribution < -0.4 is 10.0 Å². The molecule has 0 aromatic heterocycles. The van der Waals surface area contributed by atoms with Gasteiger partial charge in [-0.1, -0.05) is 23.8 Å². The zero-order valence-electron chi connectivity index (χ0n) is 13.1. The summed E-state index contributed by atoms with van der Waals surface area (Å²) in [6.07, 6.45) is 0. The number of sulfonamides is 1. The Balaban J connectivity index is 2.08. The maximum absolute atomic E-state index is 13.5. The smallest absolute Gasteiger partial charge is 0.246 e. The molecular weight excluding hydrogens is 338 g/mol. The standard InChI is InChI=1S/C16H16F2N2O3S/c1-10-6-7-14(11(2)8-10)20-15(21)9-19-24(22,23)16-12(17)4-3-5-13(16)18/h3-8,19H,9H2,1-2H3,(H,20,21). The van der Waals surface area contributed by atoms with Crippen LogP contribution in [0.1, 0.15) is 11.1 Å². The Bertz CT molecular complexity index is 863. The fourth-order valence-corrected chi connectivity index (χ4v) is 3.24. The second-order valence-corrected chi connectivity index (χ2v) is 6.95. The highest BCUT2D eigenvalue weighted by Crippen LogP contribution is 2.18. The third kappa shape index (κ3) is 4.15. The molecule has 2 N–H and O–H groups in total. The molecule has 2 aromatic carbocycles. The highest BCUT2D eigenvalue weighted by molar-refractivity contribution is 7.89. The lowest BCUT2D eigenvalue weighted by Gasteiger charge is -2.11. The van der Waals surface area contributed by atoms with Gasteiger partial charge in [0.2, 0.25) is 15.9 Å². The minimum atomic E-state index is -4.49. The molecule has 0 saturated carbocycles. The zero-order chi connectivity index (χ0) is 17.9. The summed E-state index contributed by atoms with van der Waals surface area (Å²) >= 11 is 0. The molecule has 128 valence electrons. The van der Waals surface area contributed by atoms with E-state index in [1.807, 2.05) is 17.7 Å². The lowest BCUT2D eigenvalue weighted by atomic mass is 10.1. The van der Waals surface area contributed by atoms with Crippen molar-refractivity contribution in [3.8, 4) is 0 Å². The van der Waals surface area contributed by atoms with Crippen LogP contribution in [0.3, 0.4) is 0 Å². The summed E-state index contributed by atoms with van der Waals surface area (Å²) in [6, 6.07) is 8.04. The molecule has 8 heteroatoms. The van der Waals surface area contributed by atoms with E-state index in [1.54, 1.807) is 19.1 Å². The quantitative estimate of drug-likeness (QED) is 0.866. The Hall–Kier alpha value is -2.32. The van der Waals surface area contributed by atoms with E-state index in [2.05, 4.69) is 5.32 Å². The van der Waals surface area contributed by atoms with E-state index >= 15 is 0 Å². The summed E-state index contributed by atoms with van der Waals surface area (Å²) in [5, 5.41) is 2.54. The van der Waals surface area contributed by atoms with Crippen molar-refractivity contribution in [2.45, 2.75) is 18.7 Å². The van der Waals surface area contributed by atoms with Crippen molar-refractivity contribution in [2.75, 3.05) is 11.9 Å². The molecule has 24 heavy (non-hydrogen) atoms. The number of carbonyl (C=O) groups excluding carboxylic acids is 1. The summed E-state index contributed by atoms with van der Waals surface area (Å²) in [7, 11) is -4.49. The van der Waals surface area contributed by atoms with Crippen LogP contribution in [-0.2, 0) is 14.8 Å². The average Bonchev–Trinajstić information content (AvgIpc) is 2.48. The van der Waals surface area contributed by atoms with Gasteiger partial charge in [0, 0.05) is 5.69 Å². The van der Waals surface area contributed by atoms with E-state index in [9.17, 15) is 22.0 Å². The molecule has 1 amide bonds. The SMILES string of the molecule is Cc1ccc(NC(=O)CNS(=O)(=O)c2c(F)cccc2F)c(C)c1. The molecule has 0 saturated heterocycles. The van der Waals surface area contributed by atoms with Crippen LogP contribution in [0, 0.1) is 25.5 Å². The maximum atomic E-state index is 13.5. The normalized spacial score (nSPS) is 11.3. The van der Waals surface area contributed by atoms with Gasteiger partial charge in [0.25, 0.3) is 0 Å². The second kappa shape index (κ2) is 7.06. The van der Waals surface area contributed by atoms with Gasteiger partial charge in [0.15, 0.2) is 4.90 Å². The number of halogens is 2. The van der Waals surface area contributed by atoms with Crippen LogP contribution in [0.25, 0.3) is 0 Å². The first-order valence-corrected chi connectivity index (χ1v) is 8.50. The molecule has 0 aliphatic rings. The molecule has 0 heterocycles. The van der Waals surface area contributed by atoms with Crippen LogP contribution >= 0.6 is 0 Å². The molecular formula is C16H16F2N2O3S. The van der Waals surface area contributed by atoms with Crippen LogP contribution in [0.5, 0.6) is 0 Å². The van der Waals surface area contributed by atoms with E-state index in [1.165, 1.54) is 0 Å². The number of anilines is 1. The van der Waals surface area contributed by atoms with Crippen LogP contribution in [0.4, 0.5) is 14.5 Å². The number of amides is 1. The van der Waals surface area contributed by atoms with E-state index < -0.39 is 39.0 Å². The van der Waals surface area contributed by atoms with Crippen LogP contribution in [-0.4, -0.2) is 20.9 Å². The predicted molar refractivity (Wildman–Crippen MR) is 86.1 cm³/mol. The molecule has 2 aromatic rings. The first-order chi connectivity index (χ1) is 11.2. The lowest BCUT2D eigenvalue weighted by molar-refractivity contribution is -0.115. The van der Waals surface area contributed by atoms with Crippen molar-refractivity contribution in [2.24, 2.45) is 0 Å². The molecule has 0 atom stereocenters.